The minimum absolute atomic E-state index is 0.0603. The van der Waals surface area contributed by atoms with Crippen LogP contribution in [0.15, 0.2) is 28.7 Å². The summed E-state index contributed by atoms with van der Waals surface area (Å²) in [5.74, 6) is -0.0660. The average Bonchev–Trinajstić information content (AvgIpc) is 2.73. The zero-order valence-corrected chi connectivity index (χ0v) is 10.8. The van der Waals surface area contributed by atoms with E-state index in [4.69, 9.17) is 0 Å². The Hall–Kier alpha value is -1.36. The third-order valence-electron chi connectivity index (χ3n) is 2.71. The maximum atomic E-state index is 11.8. The summed E-state index contributed by atoms with van der Waals surface area (Å²) in [6, 6.07) is 7.32. The van der Waals surface area contributed by atoms with E-state index in [9.17, 15) is 9.59 Å². The highest BCUT2D eigenvalue weighted by atomic mass is 79.9. The molecule has 1 heterocycles. The first-order valence-corrected chi connectivity index (χ1v) is 6.28. The molecular formula is C12H13BrN2O2. The number of carbonyl (C=O) groups excluding carboxylic acids is 2. The van der Waals surface area contributed by atoms with Crippen molar-refractivity contribution in [3.63, 3.8) is 0 Å². The van der Waals surface area contributed by atoms with E-state index < -0.39 is 0 Å². The van der Waals surface area contributed by atoms with Crippen molar-refractivity contribution in [2.24, 2.45) is 0 Å². The Bertz CT molecular complexity index is 448. The van der Waals surface area contributed by atoms with Gasteiger partial charge in [-0.05, 0) is 34.5 Å². The highest BCUT2D eigenvalue weighted by Crippen LogP contribution is 2.15. The molecule has 1 saturated heterocycles. The molecule has 1 fully saturated rings. The first kappa shape index (κ1) is 12.1. The lowest BCUT2D eigenvalue weighted by atomic mass is 10.2. The van der Waals surface area contributed by atoms with Gasteiger partial charge in [0, 0.05) is 23.5 Å². The number of rotatable bonds is 3. The van der Waals surface area contributed by atoms with Crippen molar-refractivity contribution in [1.29, 1.82) is 0 Å². The van der Waals surface area contributed by atoms with Gasteiger partial charge >= 0.3 is 0 Å². The molecule has 2 rings (SSSR count). The van der Waals surface area contributed by atoms with Crippen LogP contribution in [0.2, 0.25) is 0 Å². The Balaban J connectivity index is 1.90. The van der Waals surface area contributed by atoms with E-state index in [1.165, 1.54) is 0 Å². The lowest BCUT2D eigenvalue weighted by molar-refractivity contribution is -0.119. The van der Waals surface area contributed by atoms with Crippen LogP contribution < -0.4 is 10.6 Å². The number of amides is 2. The molecule has 0 aromatic heterocycles. The van der Waals surface area contributed by atoms with Crippen LogP contribution >= 0.6 is 15.9 Å². The highest BCUT2D eigenvalue weighted by Gasteiger charge is 2.21. The van der Waals surface area contributed by atoms with Crippen molar-refractivity contribution in [2.75, 3.05) is 6.54 Å². The van der Waals surface area contributed by atoms with Crippen LogP contribution in [0, 0.1) is 0 Å². The molecule has 0 bridgehead atoms. The largest absolute Gasteiger partial charge is 0.352 e. The van der Waals surface area contributed by atoms with Crippen LogP contribution in [0.4, 0.5) is 0 Å². The third-order valence-corrected chi connectivity index (χ3v) is 3.40. The van der Waals surface area contributed by atoms with E-state index in [1.807, 2.05) is 18.2 Å². The van der Waals surface area contributed by atoms with Crippen LogP contribution in [0.25, 0.3) is 0 Å². The Morgan fingerprint density at radius 2 is 2.24 bits per heavy atom. The van der Waals surface area contributed by atoms with E-state index in [0.717, 1.165) is 10.9 Å². The standard InChI is InChI=1S/C12H13BrN2O2/c13-10-4-2-1-3-9(10)12(17)14-7-8-5-6-11(16)15-8/h1-4,8H,5-7H2,(H,14,17)(H,15,16). The minimum atomic E-state index is -0.126. The third kappa shape index (κ3) is 3.06. The molecule has 0 spiro atoms. The number of benzene rings is 1. The molecule has 1 aromatic rings. The average molecular weight is 297 g/mol. The fourth-order valence-electron chi connectivity index (χ4n) is 1.79. The molecule has 1 atom stereocenters. The minimum Gasteiger partial charge on any atom is -0.352 e. The number of halogens is 1. The second kappa shape index (κ2) is 5.31. The molecule has 90 valence electrons. The van der Waals surface area contributed by atoms with Gasteiger partial charge in [-0.3, -0.25) is 9.59 Å². The van der Waals surface area contributed by atoms with Crippen molar-refractivity contribution in [3.05, 3.63) is 34.3 Å². The lowest BCUT2D eigenvalue weighted by Crippen LogP contribution is -2.38. The molecule has 1 aromatic carbocycles. The summed E-state index contributed by atoms with van der Waals surface area (Å²) in [5.41, 5.74) is 0.608. The van der Waals surface area contributed by atoms with Gasteiger partial charge in [-0.1, -0.05) is 12.1 Å². The SMILES string of the molecule is O=C1CCC(CNC(=O)c2ccccc2Br)N1. The van der Waals surface area contributed by atoms with Crippen molar-refractivity contribution < 1.29 is 9.59 Å². The van der Waals surface area contributed by atoms with E-state index in [-0.39, 0.29) is 17.9 Å². The molecule has 0 radical (unpaired) electrons. The summed E-state index contributed by atoms with van der Waals surface area (Å²) in [7, 11) is 0. The van der Waals surface area contributed by atoms with Gasteiger partial charge in [0.25, 0.3) is 5.91 Å². The predicted octanol–water partition coefficient (Wildman–Crippen LogP) is 1.46. The number of hydrogen-bond acceptors (Lipinski definition) is 2. The monoisotopic (exact) mass is 296 g/mol. The molecule has 2 amide bonds. The van der Waals surface area contributed by atoms with Crippen LogP contribution in [-0.2, 0) is 4.79 Å². The van der Waals surface area contributed by atoms with Gasteiger partial charge in [0.05, 0.1) is 5.56 Å². The molecule has 1 aliphatic heterocycles. The lowest BCUT2D eigenvalue weighted by Gasteiger charge is -2.11. The summed E-state index contributed by atoms with van der Waals surface area (Å²) in [6.45, 7) is 0.478. The van der Waals surface area contributed by atoms with Crippen molar-refractivity contribution >= 4 is 27.7 Å². The van der Waals surface area contributed by atoms with E-state index in [1.54, 1.807) is 6.07 Å². The summed E-state index contributed by atoms with van der Waals surface area (Å²) >= 11 is 3.33. The summed E-state index contributed by atoms with van der Waals surface area (Å²) in [5, 5.41) is 5.63. The first-order chi connectivity index (χ1) is 8.16. The second-order valence-corrected chi connectivity index (χ2v) is 4.85. The van der Waals surface area contributed by atoms with Gasteiger partial charge in [-0.2, -0.15) is 0 Å². The Labute approximate surface area is 108 Å². The molecule has 17 heavy (non-hydrogen) atoms. The van der Waals surface area contributed by atoms with Gasteiger partial charge in [0.2, 0.25) is 5.91 Å². The zero-order chi connectivity index (χ0) is 12.3. The van der Waals surface area contributed by atoms with E-state index in [2.05, 4.69) is 26.6 Å². The zero-order valence-electron chi connectivity index (χ0n) is 9.20. The molecule has 1 aliphatic rings. The summed E-state index contributed by atoms with van der Waals surface area (Å²) in [6.07, 6.45) is 1.34. The first-order valence-electron chi connectivity index (χ1n) is 5.49. The van der Waals surface area contributed by atoms with Crippen LogP contribution in [0.3, 0.4) is 0 Å². The summed E-state index contributed by atoms with van der Waals surface area (Å²) < 4.78 is 0.771. The Kier molecular flexibility index (Phi) is 3.78. The second-order valence-electron chi connectivity index (χ2n) is 3.99. The predicted molar refractivity (Wildman–Crippen MR) is 67.6 cm³/mol. The number of nitrogens with one attached hydrogen (secondary N) is 2. The van der Waals surface area contributed by atoms with Crippen molar-refractivity contribution in [3.8, 4) is 0 Å². The van der Waals surface area contributed by atoms with Crippen LogP contribution in [0.1, 0.15) is 23.2 Å². The quantitative estimate of drug-likeness (QED) is 0.887. The van der Waals surface area contributed by atoms with Crippen LogP contribution in [-0.4, -0.2) is 24.4 Å². The maximum Gasteiger partial charge on any atom is 0.252 e. The molecule has 0 aliphatic carbocycles. The van der Waals surface area contributed by atoms with E-state index >= 15 is 0 Å². The molecule has 4 nitrogen and oxygen atoms in total. The Morgan fingerprint density at radius 1 is 1.47 bits per heavy atom. The maximum absolute atomic E-state index is 11.8. The van der Waals surface area contributed by atoms with Crippen molar-refractivity contribution in [1.82, 2.24) is 10.6 Å². The molecular weight excluding hydrogens is 284 g/mol. The fraction of sp³-hybridized carbons (Fsp3) is 0.333. The smallest absolute Gasteiger partial charge is 0.252 e. The molecule has 2 N–H and O–H groups in total. The van der Waals surface area contributed by atoms with Gasteiger partial charge < -0.3 is 10.6 Å². The van der Waals surface area contributed by atoms with E-state index in [0.29, 0.717) is 18.5 Å². The number of carbonyl (C=O) groups is 2. The molecule has 1 unspecified atom stereocenters. The fourth-order valence-corrected chi connectivity index (χ4v) is 2.25. The summed E-state index contributed by atoms with van der Waals surface area (Å²) in [4.78, 5) is 22.8. The van der Waals surface area contributed by atoms with Gasteiger partial charge in [-0.25, -0.2) is 0 Å². The topological polar surface area (TPSA) is 58.2 Å². The Morgan fingerprint density at radius 3 is 2.88 bits per heavy atom. The van der Waals surface area contributed by atoms with Gasteiger partial charge in [0.1, 0.15) is 0 Å². The van der Waals surface area contributed by atoms with Gasteiger partial charge in [-0.15, -0.1) is 0 Å². The number of hydrogen-bond donors (Lipinski definition) is 2. The highest BCUT2D eigenvalue weighted by molar-refractivity contribution is 9.10. The van der Waals surface area contributed by atoms with Crippen LogP contribution in [0.5, 0.6) is 0 Å². The van der Waals surface area contributed by atoms with Gasteiger partial charge in [0.15, 0.2) is 0 Å². The normalized spacial score (nSPS) is 18.9. The molecule has 0 saturated carbocycles. The van der Waals surface area contributed by atoms with Crippen molar-refractivity contribution in [2.45, 2.75) is 18.9 Å². The molecule has 5 heteroatoms.